The van der Waals surface area contributed by atoms with Crippen molar-refractivity contribution in [1.82, 2.24) is 4.90 Å². The summed E-state index contributed by atoms with van der Waals surface area (Å²) in [5.74, 6) is -0.975. The summed E-state index contributed by atoms with van der Waals surface area (Å²) in [6, 6.07) is 6.41. The van der Waals surface area contributed by atoms with Crippen molar-refractivity contribution in [3.8, 4) is 0 Å². The van der Waals surface area contributed by atoms with E-state index in [0.29, 0.717) is 5.56 Å². The third-order valence-electron chi connectivity index (χ3n) is 3.89. The Kier molecular flexibility index (Phi) is 3.84. The van der Waals surface area contributed by atoms with E-state index in [0.717, 1.165) is 19.4 Å². The number of carbonyl (C=O) groups is 2. The van der Waals surface area contributed by atoms with Crippen LogP contribution in [-0.2, 0) is 0 Å². The van der Waals surface area contributed by atoms with Crippen LogP contribution < -0.4 is 0 Å². The van der Waals surface area contributed by atoms with Gasteiger partial charge < -0.3 is 10.0 Å². The Morgan fingerprint density at radius 2 is 1.70 bits per heavy atom. The van der Waals surface area contributed by atoms with Gasteiger partial charge in [0.25, 0.3) is 5.91 Å². The Labute approximate surface area is 119 Å². The maximum atomic E-state index is 12.6. The number of nitrogens with zero attached hydrogens (tertiary/aromatic N) is 1. The molecule has 4 nitrogen and oxygen atoms in total. The molecule has 1 aromatic carbocycles. The van der Waals surface area contributed by atoms with Crippen LogP contribution in [0.15, 0.2) is 24.3 Å². The molecule has 1 heterocycles. The fourth-order valence-corrected chi connectivity index (χ4v) is 2.83. The maximum absolute atomic E-state index is 12.6. The van der Waals surface area contributed by atoms with Gasteiger partial charge in [-0.3, -0.25) is 4.79 Å². The van der Waals surface area contributed by atoms with Crippen LogP contribution in [0, 0.1) is 5.41 Å². The number of hydrogen-bond acceptors (Lipinski definition) is 2. The van der Waals surface area contributed by atoms with Crippen LogP contribution in [0.4, 0.5) is 0 Å². The number of benzene rings is 1. The highest BCUT2D eigenvalue weighted by molar-refractivity contribution is 5.96. The van der Waals surface area contributed by atoms with Crippen LogP contribution in [-0.4, -0.2) is 34.5 Å². The van der Waals surface area contributed by atoms with Crippen LogP contribution in [0.25, 0.3) is 0 Å². The first-order valence-corrected chi connectivity index (χ1v) is 6.95. The smallest absolute Gasteiger partial charge is 0.335 e. The SMILES string of the molecule is CC(C)(C)C1CCCN1C(=O)c1ccc(C(=O)O)cc1. The first-order valence-electron chi connectivity index (χ1n) is 6.95. The quantitative estimate of drug-likeness (QED) is 0.902. The maximum Gasteiger partial charge on any atom is 0.335 e. The molecule has 1 aliphatic rings. The summed E-state index contributed by atoms with van der Waals surface area (Å²) in [7, 11) is 0. The van der Waals surface area contributed by atoms with Crippen LogP contribution in [0.2, 0.25) is 0 Å². The predicted octanol–water partition coefficient (Wildman–Crippen LogP) is 3.04. The van der Waals surface area contributed by atoms with Crippen molar-refractivity contribution in [3.63, 3.8) is 0 Å². The summed E-state index contributed by atoms with van der Waals surface area (Å²) in [5, 5.41) is 8.88. The van der Waals surface area contributed by atoms with Crippen molar-refractivity contribution in [2.45, 2.75) is 39.7 Å². The number of carbonyl (C=O) groups excluding carboxylic acids is 1. The minimum atomic E-state index is -0.974. The van der Waals surface area contributed by atoms with E-state index in [1.54, 1.807) is 12.1 Å². The zero-order valence-corrected chi connectivity index (χ0v) is 12.2. The van der Waals surface area contributed by atoms with E-state index in [9.17, 15) is 9.59 Å². The monoisotopic (exact) mass is 275 g/mol. The molecule has 1 saturated heterocycles. The summed E-state index contributed by atoms with van der Waals surface area (Å²) in [6.45, 7) is 7.23. The van der Waals surface area contributed by atoms with Crippen LogP contribution in [0.5, 0.6) is 0 Å². The highest BCUT2D eigenvalue weighted by Gasteiger charge is 2.37. The summed E-state index contributed by atoms with van der Waals surface area (Å²) in [6.07, 6.45) is 2.06. The van der Waals surface area contributed by atoms with Gasteiger partial charge in [0.1, 0.15) is 0 Å². The highest BCUT2D eigenvalue weighted by Crippen LogP contribution is 2.33. The molecule has 20 heavy (non-hydrogen) atoms. The van der Waals surface area contributed by atoms with Gasteiger partial charge in [-0.25, -0.2) is 4.79 Å². The topological polar surface area (TPSA) is 57.6 Å². The van der Waals surface area contributed by atoms with E-state index in [1.807, 2.05) is 4.90 Å². The molecule has 0 saturated carbocycles. The van der Waals surface area contributed by atoms with Gasteiger partial charge in [-0.2, -0.15) is 0 Å². The lowest BCUT2D eigenvalue weighted by molar-refractivity contribution is 0.0624. The molecule has 0 bridgehead atoms. The van der Waals surface area contributed by atoms with Crippen molar-refractivity contribution in [2.75, 3.05) is 6.54 Å². The summed E-state index contributed by atoms with van der Waals surface area (Å²) >= 11 is 0. The van der Waals surface area contributed by atoms with Crippen LogP contribution in [0.1, 0.15) is 54.3 Å². The fourth-order valence-electron chi connectivity index (χ4n) is 2.83. The number of hydrogen-bond donors (Lipinski definition) is 1. The van der Waals surface area contributed by atoms with Crippen molar-refractivity contribution >= 4 is 11.9 Å². The summed E-state index contributed by atoms with van der Waals surface area (Å²) < 4.78 is 0. The first-order chi connectivity index (χ1) is 9.30. The van der Waals surface area contributed by atoms with Gasteiger partial charge >= 0.3 is 5.97 Å². The molecular weight excluding hydrogens is 254 g/mol. The molecule has 0 spiro atoms. The summed E-state index contributed by atoms with van der Waals surface area (Å²) in [5.41, 5.74) is 0.828. The zero-order chi connectivity index (χ0) is 14.9. The Hall–Kier alpha value is -1.84. The average molecular weight is 275 g/mol. The number of amides is 1. The third kappa shape index (κ3) is 2.84. The van der Waals surface area contributed by atoms with Gasteiger partial charge in [0.05, 0.1) is 5.56 Å². The molecule has 0 aromatic heterocycles. The number of aromatic carboxylic acids is 1. The molecule has 1 amide bonds. The molecule has 1 aliphatic heterocycles. The van der Waals surface area contributed by atoms with E-state index in [1.165, 1.54) is 12.1 Å². The fraction of sp³-hybridized carbons (Fsp3) is 0.500. The molecule has 1 fully saturated rings. The Morgan fingerprint density at radius 3 is 2.20 bits per heavy atom. The molecule has 1 aromatic rings. The molecule has 108 valence electrons. The summed E-state index contributed by atoms with van der Waals surface area (Å²) in [4.78, 5) is 25.3. The van der Waals surface area contributed by atoms with Gasteiger partial charge in [-0.05, 0) is 42.5 Å². The molecule has 1 atom stereocenters. The van der Waals surface area contributed by atoms with Crippen molar-refractivity contribution in [2.24, 2.45) is 5.41 Å². The number of carboxylic acids is 1. The van der Waals surface area contributed by atoms with E-state index in [4.69, 9.17) is 5.11 Å². The van der Waals surface area contributed by atoms with Gasteiger partial charge in [0, 0.05) is 18.2 Å². The molecule has 1 N–H and O–H groups in total. The van der Waals surface area contributed by atoms with E-state index in [2.05, 4.69) is 20.8 Å². The number of carboxylic acid groups (broad SMARTS) is 1. The predicted molar refractivity (Wildman–Crippen MR) is 76.9 cm³/mol. The van der Waals surface area contributed by atoms with Crippen LogP contribution in [0.3, 0.4) is 0 Å². The lowest BCUT2D eigenvalue weighted by Crippen LogP contribution is -2.43. The lowest BCUT2D eigenvalue weighted by atomic mass is 9.85. The molecule has 0 radical (unpaired) electrons. The third-order valence-corrected chi connectivity index (χ3v) is 3.89. The molecule has 2 rings (SSSR count). The van der Waals surface area contributed by atoms with Gasteiger partial charge in [0.2, 0.25) is 0 Å². The largest absolute Gasteiger partial charge is 0.478 e. The van der Waals surface area contributed by atoms with Gasteiger partial charge in [-0.15, -0.1) is 0 Å². The lowest BCUT2D eigenvalue weighted by Gasteiger charge is -2.35. The van der Waals surface area contributed by atoms with Gasteiger partial charge in [-0.1, -0.05) is 20.8 Å². The Bertz CT molecular complexity index is 514. The Balaban J connectivity index is 2.20. The number of likely N-dealkylation sites (tertiary alicyclic amines) is 1. The average Bonchev–Trinajstić information content (AvgIpc) is 2.87. The Morgan fingerprint density at radius 1 is 1.15 bits per heavy atom. The molecule has 0 aliphatic carbocycles. The second kappa shape index (κ2) is 5.27. The zero-order valence-electron chi connectivity index (χ0n) is 12.2. The second-order valence-electron chi connectivity index (χ2n) is 6.41. The molecular formula is C16H21NO3. The van der Waals surface area contributed by atoms with Crippen molar-refractivity contribution in [3.05, 3.63) is 35.4 Å². The molecule has 4 heteroatoms. The normalized spacial score (nSPS) is 19.1. The van der Waals surface area contributed by atoms with E-state index in [-0.39, 0.29) is 22.9 Å². The highest BCUT2D eigenvalue weighted by atomic mass is 16.4. The second-order valence-corrected chi connectivity index (χ2v) is 6.41. The number of rotatable bonds is 2. The van der Waals surface area contributed by atoms with Crippen LogP contribution >= 0.6 is 0 Å². The minimum Gasteiger partial charge on any atom is -0.478 e. The first kappa shape index (κ1) is 14.6. The van der Waals surface area contributed by atoms with E-state index >= 15 is 0 Å². The van der Waals surface area contributed by atoms with Gasteiger partial charge in [0.15, 0.2) is 0 Å². The molecule has 1 unspecified atom stereocenters. The van der Waals surface area contributed by atoms with E-state index < -0.39 is 5.97 Å². The minimum absolute atomic E-state index is 0.000589. The standard InChI is InChI=1S/C16H21NO3/c1-16(2,3)13-5-4-10-17(13)14(18)11-6-8-12(9-7-11)15(19)20/h6-9,13H,4-5,10H2,1-3H3,(H,19,20). The van der Waals surface area contributed by atoms with Crippen molar-refractivity contribution < 1.29 is 14.7 Å². The van der Waals surface area contributed by atoms with Crippen molar-refractivity contribution in [1.29, 1.82) is 0 Å².